The molecule has 0 aromatic heterocycles. The number of methoxy groups -OCH3 is 1. The highest BCUT2D eigenvalue weighted by atomic mass is 19.4. The number of hydrogen-bond donors (Lipinski definition) is 2. The molecule has 0 radical (unpaired) electrons. The van der Waals surface area contributed by atoms with E-state index in [0.29, 0.717) is 6.07 Å². The van der Waals surface area contributed by atoms with E-state index in [2.05, 4.69) is 4.74 Å². The van der Waals surface area contributed by atoms with Gasteiger partial charge in [-0.1, -0.05) is 6.07 Å². The summed E-state index contributed by atoms with van der Waals surface area (Å²) in [4.78, 5) is 10.6. The third-order valence-electron chi connectivity index (χ3n) is 2.10. The molecule has 2 N–H and O–H groups in total. The van der Waals surface area contributed by atoms with E-state index < -0.39 is 29.4 Å². The van der Waals surface area contributed by atoms with Gasteiger partial charge in [-0.15, -0.1) is 0 Å². The van der Waals surface area contributed by atoms with Crippen LogP contribution in [-0.4, -0.2) is 23.3 Å². The van der Waals surface area contributed by atoms with Crippen molar-refractivity contribution in [2.75, 3.05) is 7.11 Å². The molecule has 0 amide bonds. The summed E-state index contributed by atoms with van der Waals surface area (Å²) in [7, 11) is 1.09. The Hall–Kier alpha value is -1.76. The lowest BCUT2D eigenvalue weighted by Gasteiger charge is -2.17. The van der Waals surface area contributed by atoms with Gasteiger partial charge in [0.05, 0.1) is 12.7 Å². The Morgan fingerprint density at radius 2 is 2.00 bits per heavy atom. The molecule has 0 fully saturated rings. The van der Waals surface area contributed by atoms with E-state index in [1.54, 1.807) is 0 Å². The molecule has 1 atom stereocenters. The van der Waals surface area contributed by atoms with E-state index in [1.807, 2.05) is 0 Å². The normalized spacial score (nSPS) is 13.2. The number of aliphatic hydroxyl groups excluding tert-OH is 1. The maximum Gasteiger partial charge on any atom is 0.416 e. The highest BCUT2D eigenvalue weighted by Gasteiger charge is 2.38. The fraction of sp³-hybridized carbons (Fsp3) is 0.300. The Morgan fingerprint density at radius 3 is 2.41 bits per heavy atom. The van der Waals surface area contributed by atoms with Crippen molar-refractivity contribution in [1.29, 1.82) is 0 Å². The molecule has 1 unspecified atom stereocenters. The summed E-state index contributed by atoms with van der Waals surface area (Å²) in [5.74, 6) is -2.10. The first-order chi connectivity index (χ1) is 7.79. The zero-order chi connectivity index (χ0) is 13.2. The van der Waals surface area contributed by atoms with Gasteiger partial charge in [0.1, 0.15) is 5.75 Å². The van der Waals surface area contributed by atoms with E-state index >= 15 is 0 Å². The first-order valence-corrected chi connectivity index (χ1v) is 4.44. The van der Waals surface area contributed by atoms with Crippen LogP contribution in [0, 0.1) is 0 Å². The third kappa shape index (κ3) is 2.68. The van der Waals surface area contributed by atoms with Crippen LogP contribution in [0.25, 0.3) is 0 Å². The predicted octanol–water partition coefficient (Wildman–Crippen LogP) is 1.83. The van der Waals surface area contributed by atoms with Gasteiger partial charge in [-0.25, -0.2) is 4.79 Å². The van der Waals surface area contributed by atoms with Gasteiger partial charge >= 0.3 is 12.1 Å². The number of benzene rings is 1. The molecule has 94 valence electrons. The number of carboxylic acids is 1. The van der Waals surface area contributed by atoms with Gasteiger partial charge in [0, 0.05) is 5.56 Å². The molecule has 0 saturated carbocycles. The monoisotopic (exact) mass is 250 g/mol. The molecule has 1 aromatic carbocycles. The Kier molecular flexibility index (Phi) is 3.62. The van der Waals surface area contributed by atoms with E-state index in [9.17, 15) is 23.1 Å². The van der Waals surface area contributed by atoms with Gasteiger partial charge in [-0.3, -0.25) is 0 Å². The molecule has 0 aliphatic rings. The molecule has 17 heavy (non-hydrogen) atoms. The first-order valence-electron chi connectivity index (χ1n) is 4.44. The first kappa shape index (κ1) is 13.3. The van der Waals surface area contributed by atoms with Crippen molar-refractivity contribution >= 4 is 5.97 Å². The smallest absolute Gasteiger partial charge is 0.416 e. The molecule has 0 spiro atoms. The van der Waals surface area contributed by atoms with Gasteiger partial charge in [-0.05, 0) is 12.1 Å². The van der Waals surface area contributed by atoms with E-state index in [0.717, 1.165) is 19.2 Å². The summed E-state index contributed by atoms with van der Waals surface area (Å²) in [6, 6.07) is 2.90. The number of hydrogen-bond acceptors (Lipinski definition) is 3. The molecular formula is C10H9F3O4. The van der Waals surface area contributed by atoms with E-state index in [-0.39, 0.29) is 5.75 Å². The van der Waals surface area contributed by atoms with Crippen molar-refractivity contribution in [3.63, 3.8) is 0 Å². The van der Waals surface area contributed by atoms with Crippen molar-refractivity contribution in [1.82, 2.24) is 0 Å². The van der Waals surface area contributed by atoms with Crippen LogP contribution in [0.3, 0.4) is 0 Å². The van der Waals surface area contributed by atoms with Crippen LogP contribution in [0.15, 0.2) is 18.2 Å². The lowest BCUT2D eigenvalue weighted by molar-refractivity contribution is -0.149. The van der Waals surface area contributed by atoms with Crippen LogP contribution in [0.2, 0.25) is 0 Å². The number of carbonyl (C=O) groups is 1. The van der Waals surface area contributed by atoms with Gasteiger partial charge in [0.15, 0.2) is 6.10 Å². The minimum Gasteiger partial charge on any atom is -0.496 e. The quantitative estimate of drug-likeness (QED) is 0.858. The molecule has 4 nitrogen and oxygen atoms in total. The minimum absolute atomic E-state index is 0.324. The fourth-order valence-electron chi connectivity index (χ4n) is 1.37. The van der Waals surface area contributed by atoms with Crippen LogP contribution in [0.4, 0.5) is 13.2 Å². The van der Waals surface area contributed by atoms with Crippen molar-refractivity contribution < 1.29 is 32.9 Å². The number of halogens is 3. The zero-order valence-corrected chi connectivity index (χ0v) is 8.65. The van der Waals surface area contributed by atoms with E-state index in [1.165, 1.54) is 0 Å². The Labute approximate surface area is 94.3 Å². The maximum atomic E-state index is 12.6. The average molecular weight is 250 g/mol. The molecule has 0 bridgehead atoms. The number of carboxylic acid groups (broad SMARTS) is 1. The van der Waals surface area contributed by atoms with Gasteiger partial charge in [0.25, 0.3) is 0 Å². The third-order valence-corrected chi connectivity index (χ3v) is 2.10. The number of aliphatic hydroxyl groups is 1. The fourth-order valence-corrected chi connectivity index (χ4v) is 1.37. The molecule has 0 aliphatic heterocycles. The predicted molar refractivity (Wildman–Crippen MR) is 50.6 cm³/mol. The summed E-state index contributed by atoms with van der Waals surface area (Å²) in [6.45, 7) is 0. The summed E-state index contributed by atoms with van der Waals surface area (Å²) < 4.78 is 42.5. The highest BCUT2D eigenvalue weighted by Crippen LogP contribution is 2.39. The van der Waals surface area contributed by atoms with Crippen LogP contribution >= 0.6 is 0 Å². The molecule has 0 heterocycles. The second-order valence-corrected chi connectivity index (χ2v) is 3.16. The van der Waals surface area contributed by atoms with Crippen LogP contribution < -0.4 is 4.74 Å². The van der Waals surface area contributed by atoms with Gasteiger partial charge in [0.2, 0.25) is 0 Å². The largest absolute Gasteiger partial charge is 0.496 e. The number of rotatable bonds is 3. The summed E-state index contributed by atoms with van der Waals surface area (Å²) >= 11 is 0. The number of ether oxygens (including phenoxy) is 1. The zero-order valence-electron chi connectivity index (χ0n) is 8.65. The van der Waals surface area contributed by atoms with Crippen molar-refractivity contribution in [3.8, 4) is 5.75 Å². The maximum absolute atomic E-state index is 12.6. The van der Waals surface area contributed by atoms with Crippen LogP contribution in [0.1, 0.15) is 17.2 Å². The Morgan fingerprint density at radius 1 is 1.41 bits per heavy atom. The molecule has 7 heteroatoms. The van der Waals surface area contributed by atoms with Gasteiger partial charge in [-0.2, -0.15) is 13.2 Å². The summed E-state index contributed by atoms with van der Waals surface area (Å²) in [5, 5.41) is 17.8. The lowest BCUT2D eigenvalue weighted by atomic mass is 10.0. The van der Waals surface area contributed by atoms with E-state index in [4.69, 9.17) is 5.11 Å². The van der Waals surface area contributed by atoms with Gasteiger partial charge < -0.3 is 14.9 Å². The second-order valence-electron chi connectivity index (χ2n) is 3.16. The standard InChI is InChI=1S/C10H9F3O4/c1-17-6-4-2-3-5(10(11,12)13)7(6)8(14)9(15)16/h2-4,8,14H,1H3,(H,15,16). The molecule has 0 saturated heterocycles. The van der Waals surface area contributed by atoms with Crippen molar-refractivity contribution in [2.24, 2.45) is 0 Å². The highest BCUT2D eigenvalue weighted by molar-refractivity contribution is 5.76. The summed E-state index contributed by atoms with van der Waals surface area (Å²) in [6.07, 6.45) is -7.05. The Bertz CT molecular complexity index is 428. The van der Waals surface area contributed by atoms with Crippen molar-refractivity contribution in [2.45, 2.75) is 12.3 Å². The Balaban J connectivity index is 3.46. The molecule has 0 aliphatic carbocycles. The molecule has 1 rings (SSSR count). The van der Waals surface area contributed by atoms with Crippen LogP contribution in [0.5, 0.6) is 5.75 Å². The van der Waals surface area contributed by atoms with Crippen molar-refractivity contribution in [3.05, 3.63) is 29.3 Å². The molecule has 1 aromatic rings. The summed E-state index contributed by atoms with van der Waals surface area (Å²) in [5.41, 5.74) is -2.03. The number of alkyl halides is 3. The van der Waals surface area contributed by atoms with Crippen LogP contribution in [-0.2, 0) is 11.0 Å². The minimum atomic E-state index is -4.76. The molecular weight excluding hydrogens is 241 g/mol. The lowest BCUT2D eigenvalue weighted by Crippen LogP contribution is -2.18. The average Bonchev–Trinajstić information content (AvgIpc) is 2.25. The topological polar surface area (TPSA) is 66.8 Å². The SMILES string of the molecule is COc1cccc(C(F)(F)F)c1C(O)C(=O)O. The second kappa shape index (κ2) is 4.62. The number of aliphatic carboxylic acids is 1.